The van der Waals surface area contributed by atoms with Gasteiger partial charge < -0.3 is 9.42 Å². The highest BCUT2D eigenvalue weighted by Crippen LogP contribution is 2.05. The van der Waals surface area contributed by atoms with E-state index in [2.05, 4.69) is 10.1 Å². The second-order valence-corrected chi connectivity index (χ2v) is 2.70. The summed E-state index contributed by atoms with van der Waals surface area (Å²) in [5.74, 6) is 1.68. The molecule has 4 nitrogen and oxygen atoms in total. The Balaban J connectivity index is 2.66. The predicted octanol–water partition coefficient (Wildman–Crippen LogP) is 0.917. The van der Waals surface area contributed by atoms with Crippen LogP contribution in [0, 0.1) is 0 Å². The van der Waals surface area contributed by atoms with E-state index in [1.54, 1.807) is 4.90 Å². The van der Waals surface area contributed by atoms with Crippen molar-refractivity contribution in [3.05, 3.63) is 5.89 Å². The molecule has 0 aliphatic rings. The molecular weight excluding hydrogens is 166 g/mol. The first-order valence-corrected chi connectivity index (χ1v) is 3.83. The van der Waals surface area contributed by atoms with Crippen LogP contribution >= 0.6 is 11.6 Å². The molecule has 0 unspecified atom stereocenters. The third-order valence-corrected chi connectivity index (χ3v) is 1.35. The summed E-state index contributed by atoms with van der Waals surface area (Å²) < 4.78 is 4.88. The standard InChI is InChI=1S/C6H10ClN3O/c1-10(2)6-8-5(3-4-7)11-9-6/h3-4H2,1-2H3. The summed E-state index contributed by atoms with van der Waals surface area (Å²) in [6, 6.07) is 0. The Morgan fingerprint density at radius 3 is 2.73 bits per heavy atom. The summed E-state index contributed by atoms with van der Waals surface area (Å²) in [4.78, 5) is 5.84. The maximum Gasteiger partial charge on any atom is 0.265 e. The van der Waals surface area contributed by atoms with E-state index >= 15 is 0 Å². The van der Waals surface area contributed by atoms with Gasteiger partial charge in [-0.3, -0.25) is 0 Å². The first-order valence-electron chi connectivity index (χ1n) is 3.30. The quantitative estimate of drug-likeness (QED) is 0.641. The van der Waals surface area contributed by atoms with E-state index in [4.69, 9.17) is 16.1 Å². The fourth-order valence-corrected chi connectivity index (χ4v) is 0.772. The summed E-state index contributed by atoms with van der Waals surface area (Å²) in [5.41, 5.74) is 0. The van der Waals surface area contributed by atoms with Crippen molar-refractivity contribution in [3.63, 3.8) is 0 Å². The molecule has 0 N–H and O–H groups in total. The molecule has 1 heterocycles. The van der Waals surface area contributed by atoms with E-state index in [9.17, 15) is 0 Å². The molecule has 0 bridgehead atoms. The molecule has 0 radical (unpaired) electrons. The van der Waals surface area contributed by atoms with Gasteiger partial charge in [0.1, 0.15) is 0 Å². The summed E-state index contributed by atoms with van der Waals surface area (Å²) in [5, 5.41) is 3.72. The molecule has 0 spiro atoms. The first kappa shape index (κ1) is 8.33. The highest BCUT2D eigenvalue weighted by molar-refractivity contribution is 6.17. The van der Waals surface area contributed by atoms with Gasteiger partial charge in [0.05, 0.1) is 0 Å². The number of anilines is 1. The van der Waals surface area contributed by atoms with E-state index in [1.807, 2.05) is 14.1 Å². The normalized spacial score (nSPS) is 10.1. The Labute approximate surface area is 70.1 Å². The average molecular weight is 176 g/mol. The van der Waals surface area contributed by atoms with E-state index in [0.717, 1.165) is 0 Å². The Hall–Kier alpha value is -0.770. The maximum atomic E-state index is 5.48. The number of hydrogen-bond donors (Lipinski definition) is 0. The molecule has 0 saturated carbocycles. The van der Waals surface area contributed by atoms with Gasteiger partial charge in [-0.15, -0.1) is 11.6 Å². The van der Waals surface area contributed by atoms with E-state index in [0.29, 0.717) is 24.1 Å². The lowest BCUT2D eigenvalue weighted by atomic mass is 10.5. The molecule has 5 heteroatoms. The van der Waals surface area contributed by atoms with Gasteiger partial charge in [-0.2, -0.15) is 4.98 Å². The average Bonchev–Trinajstić information content (AvgIpc) is 2.37. The van der Waals surface area contributed by atoms with Gasteiger partial charge in [-0.1, -0.05) is 0 Å². The lowest BCUT2D eigenvalue weighted by Gasteiger charge is -2.02. The highest BCUT2D eigenvalue weighted by atomic mass is 35.5. The van der Waals surface area contributed by atoms with Crippen LogP contribution < -0.4 is 4.90 Å². The van der Waals surface area contributed by atoms with Crippen molar-refractivity contribution in [2.75, 3.05) is 24.9 Å². The van der Waals surface area contributed by atoms with Crippen molar-refractivity contribution in [3.8, 4) is 0 Å². The molecule has 1 rings (SSSR count). The second kappa shape index (κ2) is 3.57. The van der Waals surface area contributed by atoms with Crippen molar-refractivity contribution < 1.29 is 4.52 Å². The zero-order valence-corrected chi connectivity index (χ0v) is 7.30. The van der Waals surface area contributed by atoms with Crippen LogP contribution in [0.25, 0.3) is 0 Å². The van der Waals surface area contributed by atoms with Crippen molar-refractivity contribution in [2.24, 2.45) is 0 Å². The predicted molar refractivity (Wildman–Crippen MR) is 43.0 cm³/mol. The number of aromatic nitrogens is 2. The summed E-state index contributed by atoms with van der Waals surface area (Å²) >= 11 is 5.48. The zero-order valence-electron chi connectivity index (χ0n) is 6.54. The summed E-state index contributed by atoms with van der Waals surface area (Å²) in [7, 11) is 3.71. The van der Waals surface area contributed by atoms with Gasteiger partial charge in [0.2, 0.25) is 5.89 Å². The van der Waals surface area contributed by atoms with Crippen LogP contribution in [0.2, 0.25) is 0 Å². The van der Waals surface area contributed by atoms with Crippen LogP contribution in [0.15, 0.2) is 4.52 Å². The molecular formula is C6H10ClN3O. The fraction of sp³-hybridized carbons (Fsp3) is 0.667. The van der Waals surface area contributed by atoms with Gasteiger partial charge in [0.15, 0.2) is 0 Å². The van der Waals surface area contributed by atoms with Crippen LogP contribution in [0.4, 0.5) is 5.95 Å². The Morgan fingerprint density at radius 2 is 2.27 bits per heavy atom. The topological polar surface area (TPSA) is 42.2 Å². The van der Waals surface area contributed by atoms with Gasteiger partial charge in [0, 0.05) is 26.4 Å². The van der Waals surface area contributed by atoms with Crippen LogP contribution in [-0.2, 0) is 6.42 Å². The molecule has 0 aliphatic heterocycles. The van der Waals surface area contributed by atoms with Crippen LogP contribution in [0.3, 0.4) is 0 Å². The van der Waals surface area contributed by atoms with E-state index in [1.165, 1.54) is 0 Å². The minimum Gasteiger partial charge on any atom is -0.344 e. The summed E-state index contributed by atoms with van der Waals surface area (Å²) in [6.07, 6.45) is 0.627. The molecule has 0 saturated heterocycles. The number of halogens is 1. The Kier molecular flexibility index (Phi) is 2.70. The SMILES string of the molecule is CN(C)c1noc(CCCl)n1. The van der Waals surface area contributed by atoms with Gasteiger partial charge in [0.25, 0.3) is 5.95 Å². The molecule has 0 aromatic carbocycles. The lowest BCUT2D eigenvalue weighted by molar-refractivity contribution is 0.382. The molecule has 0 atom stereocenters. The Morgan fingerprint density at radius 1 is 1.55 bits per heavy atom. The number of aryl methyl sites for hydroxylation is 1. The van der Waals surface area contributed by atoms with Crippen molar-refractivity contribution in [2.45, 2.75) is 6.42 Å². The highest BCUT2D eigenvalue weighted by Gasteiger charge is 2.05. The van der Waals surface area contributed by atoms with Crippen LogP contribution in [-0.4, -0.2) is 30.1 Å². The van der Waals surface area contributed by atoms with Gasteiger partial charge >= 0.3 is 0 Å². The number of nitrogens with zero attached hydrogens (tertiary/aromatic N) is 3. The van der Waals surface area contributed by atoms with Gasteiger partial charge in [-0.05, 0) is 5.16 Å². The zero-order chi connectivity index (χ0) is 8.27. The number of rotatable bonds is 3. The summed E-state index contributed by atoms with van der Waals surface area (Å²) in [6.45, 7) is 0. The second-order valence-electron chi connectivity index (χ2n) is 2.32. The molecule has 1 aromatic heterocycles. The monoisotopic (exact) mass is 175 g/mol. The largest absolute Gasteiger partial charge is 0.344 e. The third kappa shape index (κ3) is 2.08. The smallest absolute Gasteiger partial charge is 0.265 e. The first-order chi connectivity index (χ1) is 5.24. The number of hydrogen-bond acceptors (Lipinski definition) is 4. The minimum absolute atomic E-state index is 0.509. The molecule has 11 heavy (non-hydrogen) atoms. The molecule has 0 amide bonds. The number of alkyl halides is 1. The van der Waals surface area contributed by atoms with Crippen molar-refractivity contribution in [1.82, 2.24) is 10.1 Å². The van der Waals surface area contributed by atoms with Crippen LogP contribution in [0.5, 0.6) is 0 Å². The fourth-order valence-electron chi connectivity index (χ4n) is 0.610. The van der Waals surface area contributed by atoms with E-state index < -0.39 is 0 Å². The maximum absolute atomic E-state index is 5.48. The minimum atomic E-state index is 0.509. The third-order valence-electron chi connectivity index (χ3n) is 1.17. The lowest BCUT2D eigenvalue weighted by Crippen LogP contribution is -2.10. The van der Waals surface area contributed by atoms with Crippen molar-refractivity contribution in [1.29, 1.82) is 0 Å². The Bertz CT molecular complexity index is 223. The van der Waals surface area contributed by atoms with Gasteiger partial charge in [-0.25, -0.2) is 0 Å². The van der Waals surface area contributed by atoms with Crippen LogP contribution in [0.1, 0.15) is 5.89 Å². The molecule has 0 aliphatic carbocycles. The molecule has 0 fully saturated rings. The van der Waals surface area contributed by atoms with Crippen molar-refractivity contribution >= 4 is 17.5 Å². The van der Waals surface area contributed by atoms with E-state index in [-0.39, 0.29) is 0 Å². The molecule has 1 aromatic rings. The molecule has 62 valence electrons.